The second-order valence-corrected chi connectivity index (χ2v) is 7.98. The first-order valence-electron chi connectivity index (χ1n) is 9.29. The van der Waals surface area contributed by atoms with Crippen molar-refractivity contribution in [2.45, 2.75) is 26.7 Å². The van der Waals surface area contributed by atoms with Gasteiger partial charge in [0.1, 0.15) is 16.5 Å². The first-order valence-corrected chi connectivity index (χ1v) is 10.1. The average Bonchev–Trinajstić information content (AvgIpc) is 2.97. The van der Waals surface area contributed by atoms with Crippen molar-refractivity contribution in [3.05, 3.63) is 88.1 Å². The van der Waals surface area contributed by atoms with Gasteiger partial charge < -0.3 is 5.32 Å². The molecule has 0 saturated heterocycles. The van der Waals surface area contributed by atoms with E-state index in [9.17, 15) is 0 Å². The van der Waals surface area contributed by atoms with E-state index in [-0.39, 0.29) is 0 Å². The fourth-order valence-electron chi connectivity index (χ4n) is 3.25. The normalized spacial score (nSPS) is 11.0. The van der Waals surface area contributed by atoms with Crippen LogP contribution in [0.1, 0.15) is 27.4 Å². The Kier molecular flexibility index (Phi) is 5.16. The molecule has 27 heavy (non-hydrogen) atoms. The lowest BCUT2D eigenvalue weighted by atomic mass is 10.1. The summed E-state index contributed by atoms with van der Waals surface area (Å²) in [6.07, 6.45) is 1.72. The van der Waals surface area contributed by atoms with Crippen molar-refractivity contribution >= 4 is 27.4 Å². The molecule has 0 amide bonds. The van der Waals surface area contributed by atoms with Gasteiger partial charge in [0, 0.05) is 17.8 Å². The molecule has 0 aliphatic carbocycles. The number of benzene rings is 2. The minimum Gasteiger partial charge on any atom is -0.369 e. The lowest BCUT2D eigenvalue weighted by Gasteiger charge is -2.10. The number of thiophene rings is 1. The maximum Gasteiger partial charge on any atom is 0.138 e. The van der Waals surface area contributed by atoms with Crippen LogP contribution in [-0.2, 0) is 12.8 Å². The van der Waals surface area contributed by atoms with Crippen molar-refractivity contribution in [1.29, 1.82) is 0 Å². The predicted octanol–water partition coefficient (Wildman–Crippen LogP) is 5.55. The van der Waals surface area contributed by atoms with Gasteiger partial charge in [-0.1, -0.05) is 60.7 Å². The van der Waals surface area contributed by atoms with Crippen LogP contribution in [0.5, 0.6) is 0 Å². The molecule has 0 saturated carbocycles. The molecule has 2 aromatic carbocycles. The lowest BCUT2D eigenvalue weighted by Crippen LogP contribution is -2.09. The van der Waals surface area contributed by atoms with E-state index in [2.05, 4.69) is 73.8 Å². The molecule has 3 nitrogen and oxygen atoms in total. The van der Waals surface area contributed by atoms with Crippen LogP contribution in [-0.4, -0.2) is 16.5 Å². The number of hydrogen-bond acceptors (Lipinski definition) is 4. The molecule has 0 bridgehead atoms. The van der Waals surface area contributed by atoms with Gasteiger partial charge in [0.25, 0.3) is 0 Å². The highest BCUT2D eigenvalue weighted by atomic mass is 32.1. The van der Waals surface area contributed by atoms with Gasteiger partial charge in [0.05, 0.1) is 5.39 Å². The molecule has 0 radical (unpaired) electrons. The zero-order valence-electron chi connectivity index (χ0n) is 15.7. The van der Waals surface area contributed by atoms with Crippen LogP contribution in [0.4, 0.5) is 5.82 Å². The van der Waals surface area contributed by atoms with E-state index in [0.29, 0.717) is 0 Å². The molecule has 4 rings (SSSR count). The summed E-state index contributed by atoms with van der Waals surface area (Å²) in [7, 11) is 0. The summed E-state index contributed by atoms with van der Waals surface area (Å²) in [6.45, 7) is 5.18. The van der Waals surface area contributed by atoms with E-state index in [1.807, 2.05) is 6.07 Å². The summed E-state index contributed by atoms with van der Waals surface area (Å²) >= 11 is 1.76. The molecule has 2 aromatic heterocycles. The van der Waals surface area contributed by atoms with Gasteiger partial charge in [-0.25, -0.2) is 9.97 Å². The second-order valence-electron chi connectivity index (χ2n) is 6.78. The first-order chi connectivity index (χ1) is 13.2. The number of nitrogens with one attached hydrogen (secondary N) is 1. The van der Waals surface area contributed by atoms with E-state index < -0.39 is 0 Å². The average molecular weight is 374 g/mol. The standard InChI is InChI=1S/C23H23N3S/c1-16-17(2)27-23-21(16)22(24-14-13-18-9-5-3-6-10-18)25-20(26-23)15-19-11-7-4-8-12-19/h3-12H,13-15H2,1-2H3,(H,24,25,26). The van der Waals surface area contributed by atoms with Crippen molar-refractivity contribution in [1.82, 2.24) is 9.97 Å². The van der Waals surface area contributed by atoms with Gasteiger partial charge in [-0.15, -0.1) is 11.3 Å². The van der Waals surface area contributed by atoms with Crippen molar-refractivity contribution in [2.75, 3.05) is 11.9 Å². The monoisotopic (exact) mass is 373 g/mol. The highest BCUT2D eigenvalue weighted by Gasteiger charge is 2.14. The van der Waals surface area contributed by atoms with Crippen molar-refractivity contribution < 1.29 is 0 Å². The van der Waals surface area contributed by atoms with Crippen molar-refractivity contribution in [2.24, 2.45) is 0 Å². The minimum absolute atomic E-state index is 0.750. The highest BCUT2D eigenvalue weighted by Crippen LogP contribution is 2.33. The van der Waals surface area contributed by atoms with Crippen LogP contribution in [0.2, 0.25) is 0 Å². The molecule has 2 heterocycles. The number of rotatable bonds is 6. The van der Waals surface area contributed by atoms with Crippen LogP contribution in [0.15, 0.2) is 60.7 Å². The van der Waals surface area contributed by atoms with Crippen molar-refractivity contribution in [3.8, 4) is 0 Å². The van der Waals surface area contributed by atoms with Crippen LogP contribution in [0.25, 0.3) is 10.2 Å². The van der Waals surface area contributed by atoms with Gasteiger partial charge in [-0.2, -0.15) is 0 Å². The lowest BCUT2D eigenvalue weighted by molar-refractivity contribution is 0.966. The molecular weight excluding hydrogens is 350 g/mol. The summed E-state index contributed by atoms with van der Waals surface area (Å²) in [5.74, 6) is 1.83. The predicted molar refractivity (Wildman–Crippen MR) is 115 cm³/mol. The van der Waals surface area contributed by atoms with Crippen molar-refractivity contribution in [3.63, 3.8) is 0 Å². The molecule has 0 aliphatic rings. The summed E-state index contributed by atoms with van der Waals surface area (Å²) in [6, 6.07) is 21.0. The summed E-state index contributed by atoms with van der Waals surface area (Å²) in [5.41, 5.74) is 3.85. The van der Waals surface area contributed by atoms with Gasteiger partial charge >= 0.3 is 0 Å². The first kappa shape index (κ1) is 17.7. The topological polar surface area (TPSA) is 37.8 Å². The van der Waals surface area contributed by atoms with Gasteiger partial charge in [-0.05, 0) is 37.0 Å². The fraction of sp³-hybridized carbons (Fsp3) is 0.217. The Balaban J connectivity index is 1.62. The van der Waals surface area contributed by atoms with E-state index in [4.69, 9.17) is 9.97 Å². The van der Waals surface area contributed by atoms with E-state index >= 15 is 0 Å². The van der Waals surface area contributed by atoms with Crippen LogP contribution < -0.4 is 5.32 Å². The second kappa shape index (κ2) is 7.89. The molecule has 4 aromatic rings. The third-order valence-electron chi connectivity index (χ3n) is 4.83. The fourth-order valence-corrected chi connectivity index (χ4v) is 4.30. The third-order valence-corrected chi connectivity index (χ3v) is 5.93. The van der Waals surface area contributed by atoms with Crippen LogP contribution in [0.3, 0.4) is 0 Å². The zero-order chi connectivity index (χ0) is 18.6. The molecular formula is C23H23N3S. The summed E-state index contributed by atoms with van der Waals surface area (Å²) < 4.78 is 0. The Labute approximate surface area is 164 Å². The summed E-state index contributed by atoms with van der Waals surface area (Å²) in [5, 5.41) is 4.74. The Bertz CT molecular complexity index is 1040. The quantitative estimate of drug-likeness (QED) is 0.481. The zero-order valence-corrected chi connectivity index (χ0v) is 16.5. The molecule has 0 unspecified atom stereocenters. The molecule has 0 aliphatic heterocycles. The molecule has 0 atom stereocenters. The Morgan fingerprint density at radius 2 is 1.52 bits per heavy atom. The van der Waals surface area contributed by atoms with Gasteiger partial charge in [0.2, 0.25) is 0 Å². The largest absolute Gasteiger partial charge is 0.369 e. The number of anilines is 1. The third kappa shape index (κ3) is 4.01. The molecule has 0 spiro atoms. The maximum absolute atomic E-state index is 4.89. The molecule has 0 fully saturated rings. The Morgan fingerprint density at radius 1 is 0.852 bits per heavy atom. The maximum atomic E-state index is 4.89. The SMILES string of the molecule is Cc1sc2nc(Cc3ccccc3)nc(NCCc3ccccc3)c2c1C. The number of aromatic nitrogens is 2. The van der Waals surface area contributed by atoms with Gasteiger partial charge in [0.15, 0.2) is 0 Å². The number of hydrogen-bond donors (Lipinski definition) is 1. The number of nitrogens with zero attached hydrogens (tertiary/aromatic N) is 2. The summed E-state index contributed by atoms with van der Waals surface area (Å²) in [4.78, 5) is 12.1. The van der Waals surface area contributed by atoms with E-state index in [0.717, 1.165) is 35.9 Å². The minimum atomic E-state index is 0.750. The van der Waals surface area contributed by atoms with Crippen LogP contribution in [0, 0.1) is 13.8 Å². The Hall–Kier alpha value is -2.72. The molecule has 4 heteroatoms. The van der Waals surface area contributed by atoms with E-state index in [1.54, 1.807) is 11.3 Å². The Morgan fingerprint density at radius 3 is 2.22 bits per heavy atom. The molecule has 136 valence electrons. The van der Waals surface area contributed by atoms with E-state index in [1.165, 1.54) is 27.0 Å². The molecule has 1 N–H and O–H groups in total. The highest BCUT2D eigenvalue weighted by molar-refractivity contribution is 7.18. The smallest absolute Gasteiger partial charge is 0.138 e. The van der Waals surface area contributed by atoms with Gasteiger partial charge in [-0.3, -0.25) is 0 Å². The number of aryl methyl sites for hydroxylation is 2. The number of fused-ring (bicyclic) bond motifs is 1. The van der Waals surface area contributed by atoms with Crippen LogP contribution >= 0.6 is 11.3 Å².